The van der Waals surface area contributed by atoms with Crippen LogP contribution in [0.25, 0.3) is 5.65 Å². The molecule has 0 bridgehead atoms. The summed E-state index contributed by atoms with van der Waals surface area (Å²) < 4.78 is 32.7. The van der Waals surface area contributed by atoms with E-state index < -0.39 is 11.6 Å². The number of halogens is 2. The molecule has 0 fully saturated rings. The molecule has 0 aliphatic heterocycles. The van der Waals surface area contributed by atoms with E-state index in [1.165, 1.54) is 24.8 Å². The Morgan fingerprint density at radius 1 is 1.00 bits per heavy atom. The van der Waals surface area contributed by atoms with Crippen LogP contribution in [0.5, 0.6) is 0 Å². The van der Waals surface area contributed by atoms with E-state index in [-0.39, 0.29) is 5.97 Å². The monoisotopic (exact) mass is 423 g/mol. The second-order valence-corrected chi connectivity index (χ2v) is 7.16. The van der Waals surface area contributed by atoms with Gasteiger partial charge in [0.25, 0.3) is 0 Å². The Morgan fingerprint density at radius 2 is 1.81 bits per heavy atom. The number of methoxy groups -OCH3 is 1. The van der Waals surface area contributed by atoms with Gasteiger partial charge in [0, 0.05) is 12.3 Å². The van der Waals surface area contributed by atoms with Crippen LogP contribution in [0.3, 0.4) is 0 Å². The van der Waals surface area contributed by atoms with Gasteiger partial charge in [-0.2, -0.15) is 0 Å². The van der Waals surface area contributed by atoms with E-state index in [0.717, 1.165) is 22.8 Å². The standard InChI is InChI=1S/C14H11F2N3.C10H12O2/c15-12-5-4-11(13(16)7-12)3-1-10-2-6-14-18-17-9-19(14)8-10;1-7-4-5-9(6-8(7)2)10(11)12-3/h2,4-9H,1,3H2;4-6H,1-3H3. The summed E-state index contributed by atoms with van der Waals surface area (Å²) in [4.78, 5) is 11.1. The second-order valence-electron chi connectivity index (χ2n) is 7.16. The molecule has 4 aromatic rings. The molecule has 31 heavy (non-hydrogen) atoms. The first-order chi connectivity index (χ1) is 14.9. The molecule has 2 heterocycles. The summed E-state index contributed by atoms with van der Waals surface area (Å²) in [6, 6.07) is 13.0. The third kappa shape index (κ3) is 5.72. The van der Waals surface area contributed by atoms with Crippen molar-refractivity contribution in [1.82, 2.24) is 14.6 Å². The second kappa shape index (κ2) is 9.93. The number of esters is 1. The molecule has 0 unspecified atom stereocenters. The van der Waals surface area contributed by atoms with E-state index in [9.17, 15) is 13.6 Å². The molecule has 0 atom stereocenters. The van der Waals surface area contributed by atoms with Crippen LogP contribution in [0.1, 0.15) is 32.6 Å². The van der Waals surface area contributed by atoms with Gasteiger partial charge in [0.15, 0.2) is 5.65 Å². The highest BCUT2D eigenvalue weighted by molar-refractivity contribution is 5.89. The Balaban J connectivity index is 0.000000196. The number of hydrogen-bond acceptors (Lipinski definition) is 4. The normalized spacial score (nSPS) is 10.5. The first kappa shape index (κ1) is 22.1. The van der Waals surface area contributed by atoms with E-state index in [1.54, 1.807) is 12.4 Å². The average Bonchev–Trinajstić information content (AvgIpc) is 3.23. The summed E-state index contributed by atoms with van der Waals surface area (Å²) in [5.41, 5.74) is 5.25. The van der Waals surface area contributed by atoms with Gasteiger partial charge < -0.3 is 4.74 Å². The lowest BCUT2D eigenvalue weighted by Crippen LogP contribution is -2.01. The molecule has 4 rings (SSSR count). The number of rotatable bonds is 4. The van der Waals surface area contributed by atoms with E-state index in [2.05, 4.69) is 14.9 Å². The molecule has 0 aliphatic carbocycles. The fraction of sp³-hybridized carbons (Fsp3) is 0.208. The number of carbonyl (C=O) groups is 1. The molecular weight excluding hydrogens is 400 g/mol. The third-order valence-electron chi connectivity index (χ3n) is 4.98. The van der Waals surface area contributed by atoms with Gasteiger partial charge in [-0.1, -0.05) is 18.2 Å². The van der Waals surface area contributed by atoms with Crippen LogP contribution >= 0.6 is 0 Å². The fourth-order valence-corrected chi connectivity index (χ4v) is 3.01. The van der Waals surface area contributed by atoms with Crippen molar-refractivity contribution >= 4 is 11.6 Å². The predicted octanol–water partition coefficient (Wildman–Crippen LogP) is 4.88. The Hall–Kier alpha value is -3.61. The maximum Gasteiger partial charge on any atom is 0.337 e. The first-order valence-electron chi connectivity index (χ1n) is 9.75. The smallest absolute Gasteiger partial charge is 0.337 e. The van der Waals surface area contributed by atoms with Crippen LogP contribution in [0, 0.1) is 25.5 Å². The van der Waals surface area contributed by atoms with Gasteiger partial charge in [0.05, 0.1) is 12.7 Å². The molecule has 7 heteroatoms. The van der Waals surface area contributed by atoms with Gasteiger partial charge in [-0.25, -0.2) is 13.6 Å². The Morgan fingerprint density at radius 3 is 2.52 bits per heavy atom. The summed E-state index contributed by atoms with van der Waals surface area (Å²) in [6.07, 6.45) is 4.74. The molecule has 0 radical (unpaired) electrons. The molecule has 0 spiro atoms. The fourth-order valence-electron chi connectivity index (χ4n) is 3.01. The Bertz CT molecular complexity index is 1200. The molecule has 0 aliphatic rings. The van der Waals surface area contributed by atoms with E-state index in [1.807, 2.05) is 48.7 Å². The van der Waals surface area contributed by atoms with Crippen LogP contribution < -0.4 is 0 Å². The number of fused-ring (bicyclic) bond motifs is 1. The Kier molecular flexibility index (Phi) is 7.07. The molecule has 2 aromatic heterocycles. The largest absolute Gasteiger partial charge is 0.465 e. The number of hydrogen-bond donors (Lipinski definition) is 0. The first-order valence-corrected chi connectivity index (χ1v) is 9.75. The zero-order chi connectivity index (χ0) is 22.4. The zero-order valence-electron chi connectivity index (χ0n) is 17.6. The van der Waals surface area contributed by atoms with Gasteiger partial charge in [0.1, 0.15) is 18.0 Å². The summed E-state index contributed by atoms with van der Waals surface area (Å²) in [6.45, 7) is 3.98. The lowest BCUT2D eigenvalue weighted by atomic mass is 10.1. The number of ether oxygens (including phenoxy) is 1. The summed E-state index contributed by atoms with van der Waals surface area (Å²) >= 11 is 0. The van der Waals surface area contributed by atoms with Crippen LogP contribution in [-0.2, 0) is 17.6 Å². The van der Waals surface area contributed by atoms with E-state index >= 15 is 0 Å². The van der Waals surface area contributed by atoms with Crippen molar-refractivity contribution in [2.45, 2.75) is 26.7 Å². The van der Waals surface area contributed by atoms with Gasteiger partial charge in [0.2, 0.25) is 0 Å². The van der Waals surface area contributed by atoms with E-state index in [0.29, 0.717) is 24.0 Å². The minimum absolute atomic E-state index is 0.280. The van der Waals surface area contributed by atoms with Crippen molar-refractivity contribution in [2.24, 2.45) is 0 Å². The number of nitrogens with zero attached hydrogens (tertiary/aromatic N) is 3. The number of benzene rings is 2. The molecular formula is C24H23F2N3O2. The number of carbonyl (C=O) groups excluding carboxylic acids is 1. The van der Waals surface area contributed by atoms with Crippen molar-refractivity contribution in [3.63, 3.8) is 0 Å². The minimum atomic E-state index is -0.549. The van der Waals surface area contributed by atoms with Gasteiger partial charge in [-0.15, -0.1) is 10.2 Å². The molecule has 0 N–H and O–H groups in total. The molecule has 0 saturated carbocycles. The average molecular weight is 423 g/mol. The SMILES string of the molecule is COC(=O)c1ccc(C)c(C)c1.Fc1ccc(CCc2ccc3nncn3c2)c(F)c1. The third-order valence-corrected chi connectivity index (χ3v) is 4.98. The molecule has 160 valence electrons. The number of pyridine rings is 1. The predicted molar refractivity (Wildman–Crippen MR) is 114 cm³/mol. The highest BCUT2D eigenvalue weighted by Crippen LogP contribution is 2.13. The lowest BCUT2D eigenvalue weighted by Gasteiger charge is -2.04. The topological polar surface area (TPSA) is 56.5 Å². The highest BCUT2D eigenvalue weighted by atomic mass is 19.1. The molecule has 2 aromatic carbocycles. The maximum atomic E-state index is 13.5. The van der Waals surface area contributed by atoms with Crippen LogP contribution in [0.2, 0.25) is 0 Å². The summed E-state index contributed by atoms with van der Waals surface area (Å²) in [7, 11) is 1.39. The zero-order valence-corrected chi connectivity index (χ0v) is 17.6. The van der Waals surface area contributed by atoms with Crippen molar-refractivity contribution in [2.75, 3.05) is 7.11 Å². The summed E-state index contributed by atoms with van der Waals surface area (Å²) in [5.74, 6) is -1.32. The molecule has 0 amide bonds. The highest BCUT2D eigenvalue weighted by Gasteiger charge is 2.06. The van der Waals surface area contributed by atoms with Crippen LogP contribution in [0.15, 0.2) is 61.1 Å². The van der Waals surface area contributed by atoms with Crippen LogP contribution in [-0.4, -0.2) is 27.7 Å². The number of aryl methyl sites for hydroxylation is 4. The number of aromatic nitrogens is 3. The van der Waals surface area contributed by atoms with Gasteiger partial charge in [-0.3, -0.25) is 4.40 Å². The lowest BCUT2D eigenvalue weighted by molar-refractivity contribution is 0.0600. The minimum Gasteiger partial charge on any atom is -0.465 e. The van der Waals surface area contributed by atoms with Crippen molar-refractivity contribution in [3.8, 4) is 0 Å². The van der Waals surface area contributed by atoms with Gasteiger partial charge in [-0.05, 0) is 73.2 Å². The van der Waals surface area contributed by atoms with Crippen molar-refractivity contribution < 1.29 is 18.3 Å². The Labute approximate surface area is 179 Å². The van der Waals surface area contributed by atoms with Crippen LogP contribution in [0.4, 0.5) is 8.78 Å². The quantitative estimate of drug-likeness (QED) is 0.439. The van der Waals surface area contributed by atoms with Crippen molar-refractivity contribution in [1.29, 1.82) is 0 Å². The van der Waals surface area contributed by atoms with E-state index in [4.69, 9.17) is 0 Å². The molecule has 5 nitrogen and oxygen atoms in total. The maximum absolute atomic E-state index is 13.5. The van der Waals surface area contributed by atoms with Crippen molar-refractivity contribution in [3.05, 3.63) is 101 Å². The molecule has 0 saturated heterocycles. The summed E-state index contributed by atoms with van der Waals surface area (Å²) in [5, 5.41) is 7.71. The van der Waals surface area contributed by atoms with Gasteiger partial charge >= 0.3 is 5.97 Å².